The number of hydrogen-bond donors (Lipinski definition) is 0. The molecule has 0 saturated carbocycles. The van der Waals surface area contributed by atoms with Crippen molar-refractivity contribution in [1.29, 1.82) is 0 Å². The second-order valence-electron chi connectivity index (χ2n) is 3.56. The number of carbonyl (C=O) groups is 1. The third kappa shape index (κ3) is 2.21. The summed E-state index contributed by atoms with van der Waals surface area (Å²) in [5, 5.41) is 0. The van der Waals surface area contributed by atoms with Crippen molar-refractivity contribution in [2.45, 2.75) is 20.3 Å². The summed E-state index contributed by atoms with van der Waals surface area (Å²) in [7, 11) is 0. The van der Waals surface area contributed by atoms with Crippen LogP contribution in [0.15, 0.2) is 22.6 Å². The summed E-state index contributed by atoms with van der Waals surface area (Å²) >= 11 is 0. The Bertz CT molecular complexity index is 516. The van der Waals surface area contributed by atoms with Crippen LogP contribution in [0, 0.1) is 6.92 Å². The van der Waals surface area contributed by atoms with Crippen LogP contribution in [0.5, 0.6) is 0 Å². The molecule has 4 nitrogen and oxygen atoms in total. The van der Waals surface area contributed by atoms with Crippen molar-refractivity contribution in [3.05, 3.63) is 29.7 Å². The molecule has 0 bridgehead atoms. The number of aryl methyl sites for hydroxylation is 1. The van der Waals surface area contributed by atoms with E-state index in [1.807, 2.05) is 25.1 Å². The Morgan fingerprint density at radius 1 is 1.50 bits per heavy atom. The van der Waals surface area contributed by atoms with E-state index in [-0.39, 0.29) is 12.4 Å². The smallest absolute Gasteiger partial charge is 0.315 e. The maximum atomic E-state index is 11.2. The normalized spacial score (nSPS) is 10.6. The molecule has 1 aromatic carbocycles. The highest BCUT2D eigenvalue weighted by molar-refractivity contribution is 5.76. The highest BCUT2D eigenvalue weighted by Gasteiger charge is 2.11. The van der Waals surface area contributed by atoms with Crippen molar-refractivity contribution in [1.82, 2.24) is 4.98 Å². The van der Waals surface area contributed by atoms with E-state index in [2.05, 4.69) is 4.98 Å². The topological polar surface area (TPSA) is 52.3 Å². The highest BCUT2D eigenvalue weighted by Crippen LogP contribution is 2.17. The summed E-state index contributed by atoms with van der Waals surface area (Å²) in [5.74, 6) is 0.0878. The van der Waals surface area contributed by atoms with Gasteiger partial charge in [0, 0.05) is 0 Å². The molecule has 0 spiro atoms. The van der Waals surface area contributed by atoms with Crippen LogP contribution in [0.4, 0.5) is 0 Å². The molecular weight excluding hydrogens is 206 g/mol. The average molecular weight is 219 g/mol. The van der Waals surface area contributed by atoms with Crippen LogP contribution in [0.3, 0.4) is 0 Å². The molecule has 0 aliphatic rings. The molecule has 84 valence electrons. The van der Waals surface area contributed by atoms with Crippen LogP contribution in [-0.4, -0.2) is 17.6 Å². The number of esters is 1. The minimum Gasteiger partial charge on any atom is -0.466 e. The fourth-order valence-corrected chi connectivity index (χ4v) is 1.49. The Labute approximate surface area is 93.2 Å². The van der Waals surface area contributed by atoms with Crippen LogP contribution < -0.4 is 0 Å². The zero-order valence-electron chi connectivity index (χ0n) is 9.32. The van der Waals surface area contributed by atoms with E-state index in [9.17, 15) is 4.79 Å². The Hall–Kier alpha value is -1.84. The predicted molar refractivity (Wildman–Crippen MR) is 59.1 cm³/mol. The molecule has 0 unspecified atom stereocenters. The molecule has 1 heterocycles. The van der Waals surface area contributed by atoms with E-state index >= 15 is 0 Å². The molecule has 4 heteroatoms. The maximum Gasteiger partial charge on any atom is 0.315 e. The molecule has 0 aliphatic carbocycles. The van der Waals surface area contributed by atoms with Crippen molar-refractivity contribution in [3.8, 4) is 0 Å². The van der Waals surface area contributed by atoms with Crippen molar-refractivity contribution in [2.75, 3.05) is 6.61 Å². The van der Waals surface area contributed by atoms with E-state index in [0.29, 0.717) is 18.1 Å². The number of ether oxygens (including phenoxy) is 1. The first-order valence-electron chi connectivity index (χ1n) is 5.20. The second kappa shape index (κ2) is 4.35. The van der Waals surface area contributed by atoms with Gasteiger partial charge in [0.15, 0.2) is 5.58 Å². The number of carbonyl (C=O) groups excluding carboxylic acids is 1. The average Bonchev–Trinajstić information content (AvgIpc) is 2.59. The Kier molecular flexibility index (Phi) is 2.90. The Morgan fingerprint density at radius 2 is 2.31 bits per heavy atom. The molecule has 1 aromatic heterocycles. The van der Waals surface area contributed by atoms with Gasteiger partial charge in [0.1, 0.15) is 11.9 Å². The standard InChI is InChI=1S/C12H13NO3/c1-3-15-12(14)7-11-13-9-5-4-8(2)6-10(9)16-11/h4-6H,3,7H2,1-2H3. The van der Waals surface area contributed by atoms with E-state index in [1.165, 1.54) is 0 Å². The molecule has 2 rings (SSSR count). The third-order valence-corrected chi connectivity index (χ3v) is 2.19. The van der Waals surface area contributed by atoms with Gasteiger partial charge >= 0.3 is 5.97 Å². The number of oxazole rings is 1. The van der Waals surface area contributed by atoms with Gasteiger partial charge in [-0.1, -0.05) is 6.07 Å². The first kappa shape index (κ1) is 10.7. The summed E-state index contributed by atoms with van der Waals surface area (Å²) in [4.78, 5) is 15.4. The summed E-state index contributed by atoms with van der Waals surface area (Å²) in [6, 6.07) is 5.73. The molecule has 0 aliphatic heterocycles. The van der Waals surface area contributed by atoms with E-state index in [4.69, 9.17) is 9.15 Å². The zero-order valence-corrected chi connectivity index (χ0v) is 9.32. The first-order valence-corrected chi connectivity index (χ1v) is 5.20. The summed E-state index contributed by atoms with van der Waals surface area (Å²) in [5.41, 5.74) is 2.58. The van der Waals surface area contributed by atoms with Crippen LogP contribution in [0.1, 0.15) is 18.4 Å². The number of rotatable bonds is 3. The molecule has 0 fully saturated rings. The highest BCUT2D eigenvalue weighted by atomic mass is 16.5. The number of fused-ring (bicyclic) bond motifs is 1. The monoisotopic (exact) mass is 219 g/mol. The summed E-state index contributed by atoms with van der Waals surface area (Å²) in [6.45, 7) is 4.12. The van der Waals surface area contributed by atoms with Crippen molar-refractivity contribution in [2.24, 2.45) is 0 Å². The minimum absolute atomic E-state index is 0.0849. The quantitative estimate of drug-likeness (QED) is 0.743. The van der Waals surface area contributed by atoms with Crippen LogP contribution in [-0.2, 0) is 16.0 Å². The molecule has 0 saturated heterocycles. The van der Waals surface area contributed by atoms with Crippen LogP contribution >= 0.6 is 0 Å². The van der Waals surface area contributed by atoms with Gasteiger partial charge in [0.05, 0.1) is 6.61 Å². The lowest BCUT2D eigenvalue weighted by Gasteiger charge is -1.96. The van der Waals surface area contributed by atoms with Gasteiger partial charge in [-0.25, -0.2) is 4.98 Å². The fourth-order valence-electron chi connectivity index (χ4n) is 1.49. The van der Waals surface area contributed by atoms with Gasteiger partial charge < -0.3 is 9.15 Å². The van der Waals surface area contributed by atoms with E-state index < -0.39 is 0 Å². The molecule has 0 radical (unpaired) electrons. The zero-order chi connectivity index (χ0) is 11.5. The van der Waals surface area contributed by atoms with Gasteiger partial charge in [-0.15, -0.1) is 0 Å². The number of aromatic nitrogens is 1. The first-order chi connectivity index (χ1) is 7.69. The Balaban J connectivity index is 2.23. The maximum absolute atomic E-state index is 11.2. The van der Waals surface area contributed by atoms with Gasteiger partial charge in [-0.2, -0.15) is 0 Å². The Morgan fingerprint density at radius 3 is 3.06 bits per heavy atom. The van der Waals surface area contributed by atoms with Crippen molar-refractivity contribution in [3.63, 3.8) is 0 Å². The van der Waals surface area contributed by atoms with E-state index in [1.54, 1.807) is 6.92 Å². The van der Waals surface area contributed by atoms with Crippen LogP contribution in [0.25, 0.3) is 11.1 Å². The lowest BCUT2D eigenvalue weighted by Crippen LogP contribution is -2.07. The van der Waals surface area contributed by atoms with Gasteiger partial charge in [0.25, 0.3) is 0 Å². The molecular formula is C12H13NO3. The van der Waals surface area contributed by atoms with Gasteiger partial charge in [0.2, 0.25) is 5.89 Å². The molecule has 0 N–H and O–H groups in total. The largest absolute Gasteiger partial charge is 0.466 e. The lowest BCUT2D eigenvalue weighted by molar-refractivity contribution is -0.142. The van der Waals surface area contributed by atoms with E-state index in [0.717, 1.165) is 11.1 Å². The van der Waals surface area contributed by atoms with Gasteiger partial charge in [-0.3, -0.25) is 4.79 Å². The van der Waals surface area contributed by atoms with Crippen molar-refractivity contribution >= 4 is 17.1 Å². The molecule has 0 amide bonds. The molecule has 16 heavy (non-hydrogen) atoms. The SMILES string of the molecule is CCOC(=O)Cc1nc2ccc(C)cc2o1. The summed E-state index contributed by atoms with van der Waals surface area (Å²) in [6.07, 6.45) is 0.0849. The number of hydrogen-bond acceptors (Lipinski definition) is 4. The molecule has 0 atom stereocenters. The predicted octanol–water partition coefficient (Wildman–Crippen LogP) is 2.24. The number of nitrogens with zero attached hydrogens (tertiary/aromatic N) is 1. The fraction of sp³-hybridized carbons (Fsp3) is 0.333. The second-order valence-corrected chi connectivity index (χ2v) is 3.56. The van der Waals surface area contributed by atoms with Crippen LogP contribution in [0.2, 0.25) is 0 Å². The lowest BCUT2D eigenvalue weighted by atomic mass is 10.2. The molecule has 2 aromatic rings. The third-order valence-electron chi connectivity index (χ3n) is 2.19. The van der Waals surface area contributed by atoms with Crippen molar-refractivity contribution < 1.29 is 13.9 Å². The minimum atomic E-state index is -0.314. The summed E-state index contributed by atoms with van der Waals surface area (Å²) < 4.78 is 10.3. The number of benzene rings is 1. The van der Waals surface area contributed by atoms with Gasteiger partial charge in [-0.05, 0) is 31.5 Å².